The van der Waals surface area contributed by atoms with Gasteiger partial charge in [-0.15, -0.1) is 0 Å². The van der Waals surface area contributed by atoms with Gasteiger partial charge in [0.05, 0.1) is 0 Å². The fourth-order valence-corrected chi connectivity index (χ4v) is 6.04. The summed E-state index contributed by atoms with van der Waals surface area (Å²) in [4.78, 5) is 0. The van der Waals surface area contributed by atoms with Gasteiger partial charge in [-0.3, -0.25) is 0 Å². The highest BCUT2D eigenvalue weighted by Gasteiger charge is 2.66. The lowest BCUT2D eigenvalue weighted by Gasteiger charge is -2.20. The minimum absolute atomic E-state index is 0.604. The van der Waals surface area contributed by atoms with Crippen LogP contribution in [0.4, 0.5) is 0 Å². The normalized spacial score (nSPS) is 38.9. The van der Waals surface area contributed by atoms with Gasteiger partial charge in [0.2, 0.25) is 0 Å². The van der Waals surface area contributed by atoms with Crippen molar-refractivity contribution in [2.45, 2.75) is 31.7 Å². The van der Waals surface area contributed by atoms with Gasteiger partial charge in [-0.1, -0.05) is 33.6 Å². The number of hydrogen-bond acceptors (Lipinski definition) is 1. The van der Waals surface area contributed by atoms with Crippen molar-refractivity contribution in [1.82, 2.24) is 5.32 Å². The van der Waals surface area contributed by atoms with Crippen molar-refractivity contribution in [2.24, 2.45) is 29.6 Å². The molecule has 0 aliphatic heterocycles. The molecular weight excluding hydrogens is 334 g/mol. The van der Waals surface area contributed by atoms with Crippen LogP contribution >= 0.6 is 27.5 Å². The van der Waals surface area contributed by atoms with Crippen LogP contribution in [-0.4, -0.2) is 13.1 Å². The lowest BCUT2D eigenvalue weighted by molar-refractivity contribution is 0.376. The smallest absolute Gasteiger partial charge is 0.0449 e. The molecule has 3 aliphatic rings. The van der Waals surface area contributed by atoms with Crippen LogP contribution in [0, 0.1) is 29.6 Å². The summed E-state index contributed by atoms with van der Waals surface area (Å²) in [6.07, 6.45) is 5.59. The molecule has 4 rings (SSSR count). The van der Waals surface area contributed by atoms with E-state index in [4.69, 9.17) is 11.6 Å². The first-order valence-electron chi connectivity index (χ1n) is 7.80. The molecule has 20 heavy (non-hydrogen) atoms. The highest BCUT2D eigenvalue weighted by Crippen LogP contribution is 2.70. The van der Waals surface area contributed by atoms with Crippen LogP contribution in [-0.2, 0) is 6.42 Å². The molecule has 1 aromatic carbocycles. The zero-order chi connectivity index (χ0) is 13.9. The first-order valence-corrected chi connectivity index (χ1v) is 8.97. The standard InChI is InChI=1S/C17H21BrClN/c1-20-14(7-9-4-5-12(18)8-13(9)19)17-15-10-2-3-11(6-10)16(15)17/h4-5,8,10-11,14-17,20H,2-3,6-7H2,1H3. The van der Waals surface area contributed by atoms with E-state index in [1.807, 2.05) is 6.07 Å². The second-order valence-electron chi connectivity index (χ2n) is 6.90. The summed E-state index contributed by atoms with van der Waals surface area (Å²) in [5.74, 6) is 5.06. The Balaban J connectivity index is 1.50. The molecule has 5 atom stereocenters. The molecule has 2 bridgehead atoms. The van der Waals surface area contributed by atoms with Crippen LogP contribution in [0.1, 0.15) is 24.8 Å². The van der Waals surface area contributed by atoms with Crippen LogP contribution in [0.15, 0.2) is 22.7 Å². The van der Waals surface area contributed by atoms with Crippen molar-refractivity contribution in [3.8, 4) is 0 Å². The second-order valence-corrected chi connectivity index (χ2v) is 8.22. The van der Waals surface area contributed by atoms with E-state index in [-0.39, 0.29) is 0 Å². The molecule has 0 aromatic heterocycles. The largest absolute Gasteiger partial charge is 0.316 e. The maximum Gasteiger partial charge on any atom is 0.0449 e. The third kappa shape index (κ3) is 2.07. The van der Waals surface area contributed by atoms with Crippen molar-refractivity contribution in [3.05, 3.63) is 33.3 Å². The summed E-state index contributed by atoms with van der Waals surface area (Å²) in [6.45, 7) is 0. The molecule has 3 saturated carbocycles. The molecule has 0 spiro atoms. The van der Waals surface area contributed by atoms with Gasteiger partial charge in [0, 0.05) is 15.5 Å². The van der Waals surface area contributed by atoms with Crippen molar-refractivity contribution < 1.29 is 0 Å². The van der Waals surface area contributed by atoms with Gasteiger partial charge in [0.25, 0.3) is 0 Å². The van der Waals surface area contributed by atoms with E-state index in [0.717, 1.165) is 45.5 Å². The van der Waals surface area contributed by atoms with Crippen LogP contribution in [0.5, 0.6) is 0 Å². The maximum atomic E-state index is 6.39. The summed E-state index contributed by atoms with van der Waals surface area (Å²) >= 11 is 9.87. The van der Waals surface area contributed by atoms with Crippen molar-refractivity contribution in [3.63, 3.8) is 0 Å². The predicted molar refractivity (Wildman–Crippen MR) is 87.0 cm³/mol. The molecule has 0 radical (unpaired) electrons. The number of halogens is 2. The number of benzene rings is 1. The van der Waals surface area contributed by atoms with Gasteiger partial charge >= 0.3 is 0 Å². The fraction of sp³-hybridized carbons (Fsp3) is 0.647. The average Bonchev–Trinajstić information content (AvgIpc) is 2.86. The average molecular weight is 355 g/mol. The molecule has 5 unspecified atom stereocenters. The number of nitrogens with one attached hydrogen (secondary N) is 1. The first kappa shape index (κ1) is 13.6. The molecule has 3 aliphatic carbocycles. The molecular formula is C17H21BrClN. The van der Waals surface area contributed by atoms with E-state index < -0.39 is 0 Å². The Morgan fingerprint density at radius 3 is 2.60 bits per heavy atom. The number of hydrogen-bond donors (Lipinski definition) is 1. The van der Waals surface area contributed by atoms with E-state index in [0.29, 0.717) is 6.04 Å². The van der Waals surface area contributed by atoms with Crippen molar-refractivity contribution >= 4 is 27.5 Å². The molecule has 0 amide bonds. The molecule has 3 heteroatoms. The molecule has 108 valence electrons. The van der Waals surface area contributed by atoms with E-state index in [1.54, 1.807) is 0 Å². The van der Waals surface area contributed by atoms with E-state index in [1.165, 1.54) is 24.8 Å². The topological polar surface area (TPSA) is 12.0 Å². The quantitative estimate of drug-likeness (QED) is 0.838. The Morgan fingerprint density at radius 2 is 2.00 bits per heavy atom. The maximum absolute atomic E-state index is 6.39. The van der Waals surface area contributed by atoms with E-state index in [9.17, 15) is 0 Å². The Hall–Kier alpha value is -0.0500. The van der Waals surface area contributed by atoms with Gasteiger partial charge in [-0.2, -0.15) is 0 Å². The molecule has 1 aromatic rings. The molecule has 0 saturated heterocycles. The summed E-state index contributed by atoms with van der Waals surface area (Å²) in [6, 6.07) is 6.89. The number of fused-ring (bicyclic) bond motifs is 5. The molecule has 1 N–H and O–H groups in total. The summed E-state index contributed by atoms with van der Waals surface area (Å²) in [5.41, 5.74) is 1.28. The molecule has 0 heterocycles. The zero-order valence-corrected chi connectivity index (χ0v) is 14.1. The summed E-state index contributed by atoms with van der Waals surface area (Å²) in [5, 5.41) is 4.48. The zero-order valence-electron chi connectivity index (χ0n) is 11.8. The number of rotatable bonds is 4. The van der Waals surface area contributed by atoms with Crippen LogP contribution in [0.3, 0.4) is 0 Å². The molecule has 1 nitrogen and oxygen atoms in total. The third-order valence-electron chi connectivity index (χ3n) is 6.09. The Morgan fingerprint density at radius 1 is 1.30 bits per heavy atom. The van der Waals surface area contributed by atoms with Crippen LogP contribution in [0.2, 0.25) is 5.02 Å². The van der Waals surface area contributed by atoms with Gasteiger partial charge in [-0.25, -0.2) is 0 Å². The SMILES string of the molecule is CNC(Cc1ccc(Br)cc1Cl)C1C2C3CCC(C3)C21. The third-order valence-corrected chi connectivity index (χ3v) is 6.93. The minimum atomic E-state index is 0.604. The summed E-state index contributed by atoms with van der Waals surface area (Å²) < 4.78 is 1.06. The minimum Gasteiger partial charge on any atom is -0.316 e. The van der Waals surface area contributed by atoms with Gasteiger partial charge in [0.1, 0.15) is 0 Å². The monoisotopic (exact) mass is 353 g/mol. The fourth-order valence-electron chi connectivity index (χ4n) is 5.29. The Kier molecular flexibility index (Phi) is 3.40. The lowest BCUT2D eigenvalue weighted by Crippen LogP contribution is -2.32. The van der Waals surface area contributed by atoms with Crippen molar-refractivity contribution in [2.75, 3.05) is 7.05 Å². The van der Waals surface area contributed by atoms with Crippen molar-refractivity contribution in [1.29, 1.82) is 0 Å². The second kappa shape index (κ2) is 5.00. The summed E-state index contributed by atoms with van der Waals surface area (Å²) in [7, 11) is 2.12. The van der Waals surface area contributed by atoms with Gasteiger partial charge in [-0.05, 0) is 80.0 Å². The lowest BCUT2D eigenvalue weighted by atomic mass is 9.93. The van der Waals surface area contributed by atoms with Gasteiger partial charge in [0.15, 0.2) is 0 Å². The van der Waals surface area contributed by atoms with Gasteiger partial charge < -0.3 is 5.32 Å². The van der Waals surface area contributed by atoms with Crippen LogP contribution < -0.4 is 5.32 Å². The Bertz CT molecular complexity index is 516. The highest BCUT2D eigenvalue weighted by molar-refractivity contribution is 9.10. The predicted octanol–water partition coefficient (Wildman–Crippen LogP) is 4.53. The van der Waals surface area contributed by atoms with E-state index in [2.05, 4.69) is 40.4 Å². The Labute approximate surface area is 134 Å². The van der Waals surface area contributed by atoms with E-state index >= 15 is 0 Å². The highest BCUT2D eigenvalue weighted by atomic mass is 79.9. The first-order chi connectivity index (χ1) is 9.69. The molecule has 3 fully saturated rings. The van der Waals surface area contributed by atoms with Crippen LogP contribution in [0.25, 0.3) is 0 Å². The number of likely N-dealkylation sites (N-methyl/N-ethyl adjacent to an activating group) is 1.